The largest absolute Gasteiger partial charge is 0.490 e. The van der Waals surface area contributed by atoms with E-state index in [9.17, 15) is 9.59 Å². The number of amides is 2. The molecule has 0 radical (unpaired) electrons. The summed E-state index contributed by atoms with van der Waals surface area (Å²) in [7, 11) is 0. The van der Waals surface area contributed by atoms with Crippen molar-refractivity contribution in [3.8, 4) is 5.75 Å². The molecule has 136 valence electrons. The van der Waals surface area contributed by atoms with Crippen LogP contribution in [0.2, 0.25) is 0 Å². The van der Waals surface area contributed by atoms with Crippen molar-refractivity contribution >= 4 is 11.8 Å². The van der Waals surface area contributed by atoms with Crippen molar-refractivity contribution in [3.63, 3.8) is 0 Å². The van der Waals surface area contributed by atoms with Gasteiger partial charge in [0, 0.05) is 26.1 Å². The molecule has 1 aliphatic heterocycles. The number of piperidine rings is 1. The molecule has 1 N–H and O–H groups in total. The van der Waals surface area contributed by atoms with Crippen LogP contribution in [-0.2, 0) is 4.79 Å². The molecule has 0 unspecified atom stereocenters. The van der Waals surface area contributed by atoms with Crippen molar-refractivity contribution in [1.29, 1.82) is 0 Å². The van der Waals surface area contributed by atoms with E-state index in [1.165, 1.54) is 26.2 Å². The number of rotatable bonds is 4. The number of likely N-dealkylation sites (tertiary alicyclic amines) is 1. The molecule has 1 aromatic rings. The molecule has 1 saturated carbocycles. The minimum Gasteiger partial charge on any atom is -0.490 e. The van der Waals surface area contributed by atoms with Gasteiger partial charge in [-0.25, -0.2) is 0 Å². The number of nitrogens with one attached hydrogen (secondary N) is 1. The highest BCUT2D eigenvalue weighted by molar-refractivity contribution is 5.97. The summed E-state index contributed by atoms with van der Waals surface area (Å²) in [6.07, 6.45) is 7.85. The van der Waals surface area contributed by atoms with Crippen LogP contribution in [0.15, 0.2) is 24.3 Å². The Morgan fingerprint density at radius 1 is 1.08 bits per heavy atom. The molecule has 1 heterocycles. The first-order valence-electron chi connectivity index (χ1n) is 9.45. The molecule has 1 aromatic carbocycles. The second-order valence-corrected chi connectivity index (χ2v) is 7.16. The fourth-order valence-corrected chi connectivity index (χ4v) is 3.85. The third-order valence-corrected chi connectivity index (χ3v) is 5.08. The molecule has 5 nitrogen and oxygen atoms in total. The van der Waals surface area contributed by atoms with E-state index in [-0.39, 0.29) is 24.0 Å². The van der Waals surface area contributed by atoms with Crippen LogP contribution >= 0.6 is 0 Å². The molecule has 0 bridgehead atoms. The van der Waals surface area contributed by atoms with Crippen LogP contribution in [0.5, 0.6) is 5.75 Å². The number of carbonyl (C=O) groups excluding carboxylic acids is 2. The third-order valence-electron chi connectivity index (χ3n) is 5.08. The van der Waals surface area contributed by atoms with E-state index in [2.05, 4.69) is 5.32 Å². The van der Waals surface area contributed by atoms with Gasteiger partial charge in [-0.05, 0) is 50.7 Å². The summed E-state index contributed by atoms with van der Waals surface area (Å²) in [6.45, 7) is 2.82. The molecular weight excluding hydrogens is 316 g/mol. The zero-order chi connectivity index (χ0) is 17.6. The second-order valence-electron chi connectivity index (χ2n) is 7.16. The molecule has 1 saturated heterocycles. The zero-order valence-corrected chi connectivity index (χ0v) is 15.0. The van der Waals surface area contributed by atoms with Gasteiger partial charge in [-0.1, -0.05) is 18.6 Å². The van der Waals surface area contributed by atoms with Crippen LogP contribution in [0, 0.1) is 0 Å². The second kappa shape index (κ2) is 8.37. The fraction of sp³-hybridized carbons (Fsp3) is 0.600. The summed E-state index contributed by atoms with van der Waals surface area (Å²) >= 11 is 0. The number of hydrogen-bond acceptors (Lipinski definition) is 3. The standard InChI is InChI=1S/C20H28N2O3/c1-15(23)21-16-8-7-13-22(14-16)20(24)18-11-5-6-12-19(18)25-17-9-3-2-4-10-17/h5-6,11-12,16-17H,2-4,7-10,13-14H2,1H3,(H,21,23)/t16-/m0/s1. The van der Waals surface area contributed by atoms with Crippen LogP contribution in [0.1, 0.15) is 62.2 Å². The molecular formula is C20H28N2O3. The van der Waals surface area contributed by atoms with E-state index in [0.717, 1.165) is 32.2 Å². The summed E-state index contributed by atoms with van der Waals surface area (Å²) in [4.78, 5) is 26.2. The third kappa shape index (κ3) is 4.74. The molecule has 0 spiro atoms. The predicted octanol–water partition coefficient (Wildman–Crippen LogP) is 3.14. The summed E-state index contributed by atoms with van der Waals surface area (Å²) in [5.41, 5.74) is 0.636. The smallest absolute Gasteiger partial charge is 0.257 e. The van der Waals surface area contributed by atoms with Crippen molar-refractivity contribution in [3.05, 3.63) is 29.8 Å². The molecule has 0 aromatic heterocycles. The highest BCUT2D eigenvalue weighted by atomic mass is 16.5. The van der Waals surface area contributed by atoms with Crippen molar-refractivity contribution in [2.75, 3.05) is 13.1 Å². The van der Waals surface area contributed by atoms with Crippen LogP contribution in [0.3, 0.4) is 0 Å². The van der Waals surface area contributed by atoms with Gasteiger partial charge in [0.15, 0.2) is 0 Å². The van der Waals surface area contributed by atoms with Crippen LogP contribution in [0.4, 0.5) is 0 Å². The Hall–Kier alpha value is -2.04. The van der Waals surface area contributed by atoms with Crippen LogP contribution < -0.4 is 10.1 Å². The summed E-state index contributed by atoms with van der Waals surface area (Å²) < 4.78 is 6.17. The Kier molecular flexibility index (Phi) is 5.95. The fourth-order valence-electron chi connectivity index (χ4n) is 3.85. The Morgan fingerprint density at radius 2 is 1.84 bits per heavy atom. The van der Waals surface area contributed by atoms with Gasteiger partial charge < -0.3 is 15.0 Å². The number of nitrogens with zero attached hydrogens (tertiary/aromatic N) is 1. The lowest BCUT2D eigenvalue weighted by Crippen LogP contribution is -2.49. The first-order chi connectivity index (χ1) is 12.1. The molecule has 2 fully saturated rings. The molecule has 2 aliphatic rings. The van der Waals surface area contributed by atoms with E-state index in [4.69, 9.17) is 4.74 Å². The normalized spacial score (nSPS) is 21.6. The average molecular weight is 344 g/mol. The maximum Gasteiger partial charge on any atom is 0.257 e. The monoisotopic (exact) mass is 344 g/mol. The van der Waals surface area contributed by atoms with Gasteiger partial charge in [-0.3, -0.25) is 9.59 Å². The van der Waals surface area contributed by atoms with E-state index < -0.39 is 0 Å². The number of para-hydroxylation sites is 1. The van der Waals surface area contributed by atoms with Gasteiger partial charge >= 0.3 is 0 Å². The summed E-state index contributed by atoms with van der Waals surface area (Å²) in [5, 5.41) is 2.93. The predicted molar refractivity (Wildman–Crippen MR) is 96.7 cm³/mol. The maximum absolute atomic E-state index is 13.0. The van der Waals surface area contributed by atoms with Crippen molar-refractivity contribution in [2.45, 2.75) is 64.0 Å². The minimum absolute atomic E-state index is 0.00135. The first kappa shape index (κ1) is 17.8. The van der Waals surface area contributed by atoms with Gasteiger partial charge in [0.2, 0.25) is 5.91 Å². The number of hydrogen-bond donors (Lipinski definition) is 1. The lowest BCUT2D eigenvalue weighted by atomic mass is 9.97. The van der Waals surface area contributed by atoms with Crippen LogP contribution in [0.25, 0.3) is 0 Å². The summed E-state index contributed by atoms with van der Waals surface area (Å²) in [6, 6.07) is 7.60. The number of carbonyl (C=O) groups is 2. The van der Waals surface area contributed by atoms with Crippen molar-refractivity contribution in [2.24, 2.45) is 0 Å². The van der Waals surface area contributed by atoms with E-state index in [0.29, 0.717) is 17.9 Å². The van der Waals surface area contributed by atoms with Crippen molar-refractivity contribution < 1.29 is 14.3 Å². The Morgan fingerprint density at radius 3 is 2.60 bits per heavy atom. The Balaban J connectivity index is 1.69. The average Bonchev–Trinajstić information content (AvgIpc) is 2.62. The first-order valence-corrected chi connectivity index (χ1v) is 9.45. The highest BCUT2D eigenvalue weighted by Gasteiger charge is 2.27. The Bertz CT molecular complexity index is 611. The molecule has 1 aliphatic carbocycles. The Labute approximate surface area is 149 Å². The number of benzene rings is 1. The molecule has 1 atom stereocenters. The number of ether oxygens (including phenoxy) is 1. The van der Waals surface area contributed by atoms with Crippen molar-refractivity contribution in [1.82, 2.24) is 10.2 Å². The lowest BCUT2D eigenvalue weighted by molar-refractivity contribution is -0.120. The molecule has 2 amide bonds. The highest BCUT2D eigenvalue weighted by Crippen LogP contribution is 2.27. The zero-order valence-electron chi connectivity index (χ0n) is 15.0. The van der Waals surface area contributed by atoms with Gasteiger partial charge in [0.05, 0.1) is 11.7 Å². The molecule has 25 heavy (non-hydrogen) atoms. The van der Waals surface area contributed by atoms with Gasteiger partial charge in [-0.2, -0.15) is 0 Å². The van der Waals surface area contributed by atoms with Gasteiger partial charge in [0.1, 0.15) is 5.75 Å². The molecule has 3 rings (SSSR count). The topological polar surface area (TPSA) is 58.6 Å². The van der Waals surface area contributed by atoms with Gasteiger partial charge in [0.25, 0.3) is 5.91 Å². The summed E-state index contributed by atoms with van der Waals surface area (Å²) in [5.74, 6) is 0.655. The van der Waals surface area contributed by atoms with E-state index in [1.807, 2.05) is 29.2 Å². The lowest BCUT2D eigenvalue weighted by Gasteiger charge is -2.33. The quantitative estimate of drug-likeness (QED) is 0.913. The maximum atomic E-state index is 13.0. The SMILES string of the molecule is CC(=O)N[C@H]1CCCN(C(=O)c2ccccc2OC2CCCCC2)C1. The van der Waals surface area contributed by atoms with E-state index >= 15 is 0 Å². The van der Waals surface area contributed by atoms with Gasteiger partial charge in [-0.15, -0.1) is 0 Å². The molecule has 5 heteroatoms. The minimum atomic E-state index is -0.0414. The van der Waals surface area contributed by atoms with Crippen LogP contribution in [-0.4, -0.2) is 41.9 Å². The van der Waals surface area contributed by atoms with E-state index in [1.54, 1.807) is 0 Å².